The van der Waals surface area contributed by atoms with Crippen molar-refractivity contribution in [1.82, 2.24) is 30.4 Å². The number of hydrogen-bond acceptors (Lipinski definition) is 9. The molecule has 422 valence electrons. The second-order valence-electron chi connectivity index (χ2n) is 22.5. The fourth-order valence-corrected chi connectivity index (χ4v) is 15.0. The van der Waals surface area contributed by atoms with Crippen molar-refractivity contribution in [3.63, 3.8) is 0 Å². The van der Waals surface area contributed by atoms with Crippen LogP contribution in [0.15, 0.2) is 97.0 Å². The molecule has 2 aromatic heterocycles. The van der Waals surface area contributed by atoms with Crippen LogP contribution in [-0.2, 0) is 51.2 Å². The van der Waals surface area contributed by atoms with E-state index in [-0.39, 0.29) is 30.2 Å². The number of ether oxygens (including phenoxy) is 1. The number of pyridine rings is 2. The Kier molecular flexibility index (Phi) is 21.6. The van der Waals surface area contributed by atoms with Gasteiger partial charge in [0.25, 0.3) is 0 Å². The summed E-state index contributed by atoms with van der Waals surface area (Å²) in [4.78, 5) is 60.8. The maximum Gasteiger partial charge on any atom is 0.410 e. The van der Waals surface area contributed by atoms with Gasteiger partial charge in [0.2, 0.25) is 11.8 Å². The number of aryl methyl sites for hydroxylation is 4. The standard InChI is InChI=1S/C31H38Br2ClN3O3.C19H19Br2ClN2.C11H13NO3/c1-31(2,3)40-30(39)37-10-6-19(7-11-37)14-26(38)36-12-8-20(9-13-36)28-27-21(16-24(34)17-25(27)33)4-5-22-15-23(32)18-35-29(22)28;20-14-7-13-2-1-12-8-15(22)9-16(21)17(12)18(19(13)24-10-14)11-3-5-23-6-4-11;1-8(13)12-10(11(14)15)7-9-5-3-2-4-6-9/h15-20,28H,4-14H2,1-3H3;7-11,18,23H,1-6H2;2-6,10H,7H2,1H3,(H,12,13)(H,14,15)/p-1/t28-;18-;/m11./s1. The summed E-state index contributed by atoms with van der Waals surface area (Å²) < 4.78 is 9.76. The summed E-state index contributed by atoms with van der Waals surface area (Å²) in [6.45, 7) is 12.0. The van der Waals surface area contributed by atoms with Crippen LogP contribution in [0.3, 0.4) is 0 Å². The molecule has 3 aromatic carbocycles. The number of nitrogens with zero attached hydrogens (tertiary/aromatic N) is 4. The smallest absolute Gasteiger partial charge is 0.410 e. The van der Waals surface area contributed by atoms with Crippen molar-refractivity contribution in [3.8, 4) is 0 Å². The Balaban J connectivity index is 0.000000177. The lowest BCUT2D eigenvalue weighted by Crippen LogP contribution is -2.48. The third-order valence-electron chi connectivity index (χ3n) is 15.7. The van der Waals surface area contributed by atoms with Gasteiger partial charge in [0.05, 0.1) is 23.4 Å². The number of carboxylic acids is 1. The Morgan fingerprint density at radius 2 is 1.18 bits per heavy atom. The Bertz CT molecular complexity index is 2980. The van der Waals surface area contributed by atoms with Gasteiger partial charge >= 0.3 is 6.09 Å². The van der Waals surface area contributed by atoms with Crippen molar-refractivity contribution in [2.24, 2.45) is 17.8 Å². The van der Waals surface area contributed by atoms with Gasteiger partial charge in [-0.1, -0.05) is 85.4 Å². The molecule has 5 aliphatic rings. The number of aliphatic carboxylic acids is 1. The van der Waals surface area contributed by atoms with Crippen molar-refractivity contribution < 1.29 is 29.0 Å². The van der Waals surface area contributed by atoms with Crippen molar-refractivity contribution in [3.05, 3.63) is 157 Å². The van der Waals surface area contributed by atoms with E-state index in [1.54, 1.807) is 17.0 Å². The number of nitrogens with one attached hydrogen (secondary N) is 2. The zero-order valence-electron chi connectivity index (χ0n) is 45.2. The molecule has 10 rings (SSSR count). The van der Waals surface area contributed by atoms with Crippen LogP contribution in [0.4, 0.5) is 4.79 Å². The van der Waals surface area contributed by atoms with Crippen molar-refractivity contribution in [2.75, 3.05) is 39.3 Å². The predicted molar refractivity (Wildman–Crippen MR) is 323 cm³/mol. The summed E-state index contributed by atoms with van der Waals surface area (Å²) in [5.74, 6) is 0.435. The highest BCUT2D eigenvalue weighted by Crippen LogP contribution is 2.48. The maximum atomic E-state index is 13.3. The first kappa shape index (κ1) is 61.2. The van der Waals surface area contributed by atoms with Crippen molar-refractivity contribution in [1.29, 1.82) is 0 Å². The molecule has 2 N–H and O–H groups in total. The Morgan fingerprint density at radius 3 is 1.66 bits per heavy atom. The largest absolute Gasteiger partial charge is 0.548 e. The lowest BCUT2D eigenvalue weighted by Gasteiger charge is -2.38. The average molecular weight is 1370 g/mol. The topological polar surface area (TPSA) is 157 Å². The average Bonchev–Trinajstić information content (AvgIpc) is 3.96. The molecule has 3 aliphatic heterocycles. The van der Waals surface area contributed by atoms with Crippen LogP contribution in [0.1, 0.15) is 135 Å². The highest BCUT2D eigenvalue weighted by molar-refractivity contribution is 9.11. The quantitative estimate of drug-likeness (QED) is 0.154. The van der Waals surface area contributed by atoms with Crippen LogP contribution in [0, 0.1) is 17.8 Å². The molecule has 18 heteroatoms. The number of amides is 3. The molecule has 0 spiro atoms. The zero-order valence-corrected chi connectivity index (χ0v) is 53.1. The number of carboxylic acid groups (broad SMARTS) is 1. The third kappa shape index (κ3) is 16.4. The number of likely N-dealkylation sites (tertiary alicyclic amines) is 2. The summed E-state index contributed by atoms with van der Waals surface area (Å²) in [7, 11) is 0. The molecule has 0 saturated carbocycles. The van der Waals surface area contributed by atoms with E-state index in [0.717, 1.165) is 117 Å². The molecule has 0 radical (unpaired) electrons. The van der Waals surface area contributed by atoms with E-state index in [4.69, 9.17) is 37.9 Å². The number of carbonyl (C=O) groups is 4. The van der Waals surface area contributed by atoms with Gasteiger partial charge in [-0.2, -0.15) is 0 Å². The number of aromatic nitrogens is 2. The fourth-order valence-electron chi connectivity index (χ4n) is 12.0. The Hall–Kier alpha value is -3.90. The molecule has 3 saturated heterocycles. The molecule has 2 aliphatic carbocycles. The highest BCUT2D eigenvalue weighted by atomic mass is 79.9. The van der Waals surface area contributed by atoms with Crippen LogP contribution >= 0.6 is 86.9 Å². The second-order valence-corrected chi connectivity index (χ2v) is 26.9. The molecule has 5 heterocycles. The van der Waals surface area contributed by atoms with E-state index >= 15 is 0 Å². The molecular formula is C61H69Br4Cl2N6O6-. The minimum atomic E-state index is -1.27. The van der Waals surface area contributed by atoms with E-state index in [9.17, 15) is 24.3 Å². The number of carbonyl (C=O) groups excluding carboxylic acids is 4. The van der Waals surface area contributed by atoms with Crippen molar-refractivity contribution in [2.45, 2.75) is 128 Å². The van der Waals surface area contributed by atoms with Gasteiger partial charge in [-0.25, -0.2) is 4.79 Å². The van der Waals surface area contributed by atoms with Gasteiger partial charge in [-0.3, -0.25) is 19.6 Å². The number of piperidine rings is 3. The third-order valence-corrected chi connectivity index (χ3v) is 18.3. The minimum Gasteiger partial charge on any atom is -0.548 e. The lowest BCUT2D eigenvalue weighted by molar-refractivity contribution is -0.308. The van der Waals surface area contributed by atoms with Gasteiger partial charge in [0.15, 0.2) is 0 Å². The first-order valence-corrected chi connectivity index (χ1v) is 31.4. The number of hydrogen-bond donors (Lipinski definition) is 2. The molecule has 12 nitrogen and oxygen atoms in total. The maximum absolute atomic E-state index is 13.3. The molecule has 1 unspecified atom stereocenters. The summed E-state index contributed by atoms with van der Waals surface area (Å²) in [6, 6.07) is 20.9. The first-order valence-electron chi connectivity index (χ1n) is 27.4. The summed E-state index contributed by atoms with van der Waals surface area (Å²) in [5, 5.41) is 18.1. The number of halogens is 6. The van der Waals surface area contributed by atoms with Crippen LogP contribution in [0.2, 0.25) is 10.0 Å². The summed E-state index contributed by atoms with van der Waals surface area (Å²) >= 11 is 27.7. The van der Waals surface area contributed by atoms with E-state index in [0.29, 0.717) is 43.2 Å². The monoisotopic (exact) mass is 1370 g/mol. The van der Waals surface area contributed by atoms with Crippen molar-refractivity contribution >= 4 is 111 Å². The molecule has 5 aromatic rings. The van der Waals surface area contributed by atoms with Gasteiger partial charge in [0, 0.05) is 91.7 Å². The molecule has 3 amide bonds. The molecule has 3 fully saturated rings. The van der Waals surface area contributed by atoms with E-state index < -0.39 is 17.6 Å². The van der Waals surface area contributed by atoms with Gasteiger partial charge in [-0.15, -0.1) is 0 Å². The molecule has 79 heavy (non-hydrogen) atoms. The van der Waals surface area contributed by atoms with Crippen LogP contribution in [-0.4, -0.2) is 94.6 Å². The fraction of sp³-hybridized carbons (Fsp3) is 0.475. The SMILES string of the molecule is CC(=O)NC(Cc1ccccc1)C(=O)[O-].CC(C)(C)OC(=O)N1CCC(CC(=O)N2CCC([C@H]3c4ncc(Br)cc4CCc4cc(Cl)cc(Br)c43)CC2)CC1.Clc1cc(Br)c2c(c1)CCc1cc(Br)cnc1[C@@H]2C1CCNCC1. The van der Waals surface area contributed by atoms with Crippen LogP contribution in [0.25, 0.3) is 0 Å². The van der Waals surface area contributed by atoms with E-state index in [2.05, 4.69) is 104 Å². The minimum absolute atomic E-state index is 0.168. The first-order chi connectivity index (χ1) is 37.7. The predicted octanol–water partition coefficient (Wildman–Crippen LogP) is 12.7. The Labute approximate surface area is 508 Å². The summed E-state index contributed by atoms with van der Waals surface area (Å²) in [6.07, 6.45) is 14.2. The summed E-state index contributed by atoms with van der Waals surface area (Å²) in [5.41, 5.74) is 10.8. The Morgan fingerprint density at radius 1 is 0.696 bits per heavy atom. The number of fused-ring (bicyclic) bond motifs is 4. The van der Waals surface area contributed by atoms with Crippen LogP contribution in [0.5, 0.6) is 0 Å². The second kappa shape index (κ2) is 27.9. The molecule has 0 bridgehead atoms. The number of benzene rings is 3. The van der Waals surface area contributed by atoms with E-state index in [1.807, 2.05) is 63.5 Å². The van der Waals surface area contributed by atoms with Gasteiger partial charge in [-0.05, 0) is 229 Å². The molecular weight excluding hydrogens is 1300 g/mol. The van der Waals surface area contributed by atoms with Crippen LogP contribution < -0.4 is 15.7 Å². The number of rotatable bonds is 8. The normalized spacial score (nSPS) is 19.0. The molecule has 3 atom stereocenters. The zero-order chi connectivity index (χ0) is 56.5. The lowest BCUT2D eigenvalue weighted by atomic mass is 9.76. The van der Waals surface area contributed by atoms with E-state index in [1.165, 1.54) is 58.8 Å². The van der Waals surface area contributed by atoms with Gasteiger partial charge in [0.1, 0.15) is 5.60 Å². The highest BCUT2D eigenvalue weighted by Gasteiger charge is 2.38. The van der Waals surface area contributed by atoms with Gasteiger partial charge < -0.3 is 35.1 Å².